The predicted octanol–water partition coefficient (Wildman–Crippen LogP) is 6.30. The highest BCUT2D eigenvalue weighted by molar-refractivity contribution is 8.01. The summed E-state index contributed by atoms with van der Waals surface area (Å²) in [6, 6.07) is 10.7. The monoisotopic (exact) mass is 620 g/mol. The standard InChI is InChI=1S/C31H36F4N4O3S/c1-19(2)10-16-39-28(41)25(43-29(39)22-7-5-8-23(27(22)32)31(33,34)35)18-26(40)37-14-12-21(13-15-37)38-17-11-20-6-3-4-9-24(20)36-30(38)42/h3-9,19,21,25,29H,10-18H2,1-2H3,(H,36,42). The highest BCUT2D eigenvalue weighted by Gasteiger charge is 2.45. The Morgan fingerprint density at radius 3 is 2.47 bits per heavy atom. The number of nitrogens with zero attached hydrogens (tertiary/aromatic N) is 3. The minimum Gasteiger partial charge on any atom is -0.342 e. The molecule has 7 nitrogen and oxygen atoms in total. The van der Waals surface area contributed by atoms with Gasteiger partial charge in [-0.3, -0.25) is 9.59 Å². The van der Waals surface area contributed by atoms with Gasteiger partial charge in [0.25, 0.3) is 0 Å². The van der Waals surface area contributed by atoms with Gasteiger partial charge in [0.05, 0.1) is 10.8 Å². The van der Waals surface area contributed by atoms with Gasteiger partial charge in [-0.25, -0.2) is 9.18 Å². The first-order chi connectivity index (χ1) is 20.4. The number of benzene rings is 2. The van der Waals surface area contributed by atoms with Crippen LogP contribution in [-0.4, -0.2) is 70.0 Å². The number of rotatable bonds is 7. The van der Waals surface area contributed by atoms with Crippen LogP contribution in [0.15, 0.2) is 42.5 Å². The van der Waals surface area contributed by atoms with Crippen LogP contribution in [0.1, 0.15) is 61.6 Å². The molecule has 2 fully saturated rings. The molecule has 0 radical (unpaired) electrons. The highest BCUT2D eigenvalue weighted by Crippen LogP contribution is 2.47. The van der Waals surface area contributed by atoms with Gasteiger partial charge in [0.2, 0.25) is 11.8 Å². The molecule has 2 aromatic rings. The van der Waals surface area contributed by atoms with E-state index in [1.165, 1.54) is 11.0 Å². The number of thioether (sulfide) groups is 1. The molecule has 0 aromatic heterocycles. The summed E-state index contributed by atoms with van der Waals surface area (Å²) in [5, 5.41) is 1.20. The molecule has 0 bridgehead atoms. The molecule has 12 heteroatoms. The minimum atomic E-state index is -4.87. The first kappa shape index (κ1) is 31.2. The third-order valence-electron chi connectivity index (χ3n) is 8.44. The maximum atomic E-state index is 15.1. The first-order valence-corrected chi connectivity index (χ1v) is 15.6. The van der Waals surface area contributed by atoms with Gasteiger partial charge < -0.3 is 20.0 Å². The molecule has 3 aliphatic heterocycles. The van der Waals surface area contributed by atoms with Crippen molar-refractivity contribution in [1.29, 1.82) is 0 Å². The Kier molecular flexibility index (Phi) is 9.24. The van der Waals surface area contributed by atoms with E-state index < -0.39 is 28.2 Å². The Balaban J connectivity index is 1.23. The van der Waals surface area contributed by atoms with E-state index in [9.17, 15) is 27.6 Å². The van der Waals surface area contributed by atoms with Crippen LogP contribution < -0.4 is 5.32 Å². The number of piperidine rings is 1. The number of likely N-dealkylation sites (tertiary alicyclic amines) is 1. The van der Waals surface area contributed by atoms with Gasteiger partial charge in [-0.1, -0.05) is 44.2 Å². The van der Waals surface area contributed by atoms with Gasteiger partial charge in [-0.15, -0.1) is 11.8 Å². The summed E-state index contributed by atoms with van der Waals surface area (Å²) >= 11 is 1.04. The zero-order valence-electron chi connectivity index (χ0n) is 24.2. The van der Waals surface area contributed by atoms with Crippen LogP contribution >= 0.6 is 11.8 Å². The Morgan fingerprint density at radius 1 is 1.05 bits per heavy atom. The fourth-order valence-electron chi connectivity index (χ4n) is 6.00. The molecular formula is C31H36F4N4O3S. The topological polar surface area (TPSA) is 73.0 Å². The van der Waals surface area contributed by atoms with Gasteiger partial charge in [0, 0.05) is 49.9 Å². The van der Waals surface area contributed by atoms with E-state index >= 15 is 4.39 Å². The lowest BCUT2D eigenvalue weighted by Gasteiger charge is -2.38. The predicted molar refractivity (Wildman–Crippen MR) is 157 cm³/mol. The molecule has 43 heavy (non-hydrogen) atoms. The van der Waals surface area contributed by atoms with Crippen molar-refractivity contribution in [2.45, 2.75) is 68.8 Å². The van der Waals surface area contributed by atoms with Crippen molar-refractivity contribution in [2.75, 3.05) is 31.5 Å². The van der Waals surface area contributed by atoms with Gasteiger partial charge in [0.15, 0.2) is 0 Å². The maximum absolute atomic E-state index is 15.1. The molecule has 2 saturated heterocycles. The van der Waals surface area contributed by atoms with Crippen molar-refractivity contribution in [3.8, 4) is 0 Å². The second-order valence-corrected chi connectivity index (χ2v) is 13.0. The molecule has 5 rings (SSSR count). The number of fused-ring (bicyclic) bond motifs is 1. The molecule has 2 unspecified atom stereocenters. The smallest absolute Gasteiger partial charge is 0.342 e. The van der Waals surface area contributed by atoms with E-state index in [1.54, 1.807) is 4.90 Å². The molecular weight excluding hydrogens is 584 g/mol. The molecule has 0 spiro atoms. The van der Waals surface area contributed by atoms with Gasteiger partial charge >= 0.3 is 12.2 Å². The lowest BCUT2D eigenvalue weighted by Crippen LogP contribution is -2.50. The van der Waals surface area contributed by atoms with Crippen molar-refractivity contribution in [2.24, 2.45) is 5.92 Å². The van der Waals surface area contributed by atoms with Crippen molar-refractivity contribution in [1.82, 2.24) is 14.7 Å². The van der Waals surface area contributed by atoms with E-state index in [4.69, 9.17) is 0 Å². The minimum absolute atomic E-state index is 0.0272. The molecule has 4 amide bonds. The number of para-hydroxylation sites is 1. The van der Waals surface area contributed by atoms with Crippen molar-refractivity contribution >= 4 is 35.3 Å². The summed E-state index contributed by atoms with van der Waals surface area (Å²) in [6.07, 6.45) is -2.47. The number of alkyl halides is 3. The fraction of sp³-hybridized carbons (Fsp3) is 0.516. The zero-order valence-corrected chi connectivity index (χ0v) is 25.0. The van der Waals surface area contributed by atoms with Crippen LogP contribution in [0.25, 0.3) is 0 Å². The number of amides is 4. The van der Waals surface area contributed by atoms with Crippen molar-refractivity contribution < 1.29 is 31.9 Å². The van der Waals surface area contributed by atoms with E-state index in [-0.39, 0.29) is 48.3 Å². The summed E-state index contributed by atoms with van der Waals surface area (Å²) in [5.74, 6) is -1.76. The number of hydrogen-bond donors (Lipinski definition) is 1. The van der Waals surface area contributed by atoms with E-state index in [0.29, 0.717) is 45.0 Å². The molecule has 0 saturated carbocycles. The van der Waals surface area contributed by atoms with Crippen LogP contribution in [0, 0.1) is 11.7 Å². The van der Waals surface area contributed by atoms with Crippen LogP contribution in [0.5, 0.6) is 0 Å². The van der Waals surface area contributed by atoms with Crippen molar-refractivity contribution in [3.63, 3.8) is 0 Å². The van der Waals surface area contributed by atoms with Crippen LogP contribution in [-0.2, 0) is 22.2 Å². The Labute approximate surface area is 253 Å². The number of hydrogen-bond acceptors (Lipinski definition) is 4. The molecule has 2 atom stereocenters. The lowest BCUT2D eigenvalue weighted by molar-refractivity contribution is -0.140. The largest absolute Gasteiger partial charge is 0.419 e. The van der Waals surface area contributed by atoms with Crippen LogP contribution in [0.3, 0.4) is 0 Å². The summed E-state index contributed by atoms with van der Waals surface area (Å²) < 4.78 is 55.5. The average molecular weight is 621 g/mol. The SMILES string of the molecule is CC(C)CCN1C(=O)C(CC(=O)N2CCC(N3CCc4ccccc4NC3=O)CC2)SC1c1cccc(C(F)(F)F)c1F. The quantitative estimate of drug-likeness (QED) is 0.369. The van der Waals surface area contributed by atoms with E-state index in [1.807, 2.05) is 43.0 Å². The Hall–Kier alpha value is -3.28. The first-order valence-electron chi connectivity index (χ1n) is 14.7. The number of nitrogens with one attached hydrogen (secondary N) is 1. The summed E-state index contributed by atoms with van der Waals surface area (Å²) in [6.45, 7) is 5.61. The van der Waals surface area contributed by atoms with Crippen LogP contribution in [0.2, 0.25) is 0 Å². The number of carbonyl (C=O) groups excluding carboxylic acids is 3. The van der Waals surface area contributed by atoms with Gasteiger partial charge in [-0.05, 0) is 49.3 Å². The summed E-state index contributed by atoms with van der Waals surface area (Å²) in [5.41, 5.74) is 0.319. The number of urea groups is 1. The molecule has 2 aromatic carbocycles. The molecule has 3 aliphatic rings. The average Bonchev–Trinajstić information content (AvgIpc) is 3.15. The highest BCUT2D eigenvalue weighted by atomic mass is 32.2. The van der Waals surface area contributed by atoms with E-state index in [2.05, 4.69) is 5.32 Å². The zero-order chi connectivity index (χ0) is 30.9. The second kappa shape index (κ2) is 12.8. The van der Waals surface area contributed by atoms with Gasteiger partial charge in [0.1, 0.15) is 11.2 Å². The van der Waals surface area contributed by atoms with E-state index in [0.717, 1.165) is 35.5 Å². The number of anilines is 1. The third-order valence-corrected chi connectivity index (χ3v) is 9.91. The molecule has 3 heterocycles. The molecule has 0 aliphatic carbocycles. The van der Waals surface area contributed by atoms with Crippen LogP contribution in [0.4, 0.5) is 28.0 Å². The third kappa shape index (κ3) is 6.78. The lowest BCUT2D eigenvalue weighted by atomic mass is 10.0. The normalized spacial score (nSPS) is 21.7. The Bertz CT molecular complexity index is 1360. The van der Waals surface area contributed by atoms with Crippen molar-refractivity contribution in [3.05, 3.63) is 65.0 Å². The summed E-state index contributed by atoms with van der Waals surface area (Å²) in [7, 11) is 0. The number of halogens is 4. The molecule has 232 valence electrons. The van der Waals surface area contributed by atoms with Gasteiger partial charge in [-0.2, -0.15) is 13.2 Å². The second-order valence-electron chi connectivity index (χ2n) is 11.7. The number of carbonyl (C=O) groups is 3. The Morgan fingerprint density at radius 2 is 1.77 bits per heavy atom. The summed E-state index contributed by atoms with van der Waals surface area (Å²) in [4.78, 5) is 44.7. The molecule has 1 N–H and O–H groups in total. The maximum Gasteiger partial charge on any atom is 0.419 e. The fourth-order valence-corrected chi connectivity index (χ4v) is 7.49.